The Hall–Kier alpha value is -2.36. The van der Waals surface area contributed by atoms with Crippen molar-refractivity contribution >= 4 is 31.6 Å². The number of rotatable bonds is 19. The molecule has 1 aromatic heterocycles. The summed E-state index contributed by atoms with van der Waals surface area (Å²) in [6, 6.07) is 13.1. The van der Waals surface area contributed by atoms with Gasteiger partial charge >= 0.3 is 20.2 Å². The Balaban J connectivity index is 1.50. The molecule has 0 saturated heterocycles. The highest BCUT2D eigenvalue weighted by atomic mass is 32.2. The number of unbranched alkanes of at least 4 members (excludes halogenated alkanes) is 9. The van der Waals surface area contributed by atoms with Gasteiger partial charge in [0.2, 0.25) is 0 Å². The van der Waals surface area contributed by atoms with Gasteiger partial charge in [-0.2, -0.15) is 16.8 Å². The van der Waals surface area contributed by atoms with E-state index >= 15 is 0 Å². The molecule has 0 saturated carbocycles. The van der Waals surface area contributed by atoms with Crippen molar-refractivity contribution in [2.45, 2.75) is 107 Å². The molecule has 2 aromatic carbocycles. The van der Waals surface area contributed by atoms with E-state index in [1.807, 2.05) is 19.1 Å². The molecule has 0 aliphatic rings. The maximum Gasteiger partial charge on any atom is 0.339 e. The van der Waals surface area contributed by atoms with Crippen molar-refractivity contribution in [3.63, 3.8) is 0 Å². The van der Waals surface area contributed by atoms with Gasteiger partial charge in [0.05, 0.1) is 0 Å². The first-order valence-corrected chi connectivity index (χ1v) is 18.1. The molecule has 0 aliphatic heterocycles. The fourth-order valence-electron chi connectivity index (χ4n) is 4.48. The quantitative estimate of drug-likeness (QED) is 0.100. The molecule has 9 heteroatoms. The van der Waals surface area contributed by atoms with Crippen LogP contribution in [0.15, 0.2) is 69.1 Å². The van der Waals surface area contributed by atoms with E-state index in [-0.39, 0.29) is 21.3 Å². The van der Waals surface area contributed by atoms with E-state index in [0.717, 1.165) is 48.1 Å². The minimum atomic E-state index is -4.17. The van der Waals surface area contributed by atoms with Gasteiger partial charge in [0.15, 0.2) is 11.5 Å². The number of hydrogen-bond donors (Lipinski definition) is 0. The summed E-state index contributed by atoms with van der Waals surface area (Å²) in [4.78, 5) is -0.00352. The highest BCUT2D eigenvalue weighted by Crippen LogP contribution is 2.36. The van der Waals surface area contributed by atoms with Crippen molar-refractivity contribution in [1.82, 2.24) is 0 Å². The van der Waals surface area contributed by atoms with Gasteiger partial charge in [0, 0.05) is 10.8 Å². The van der Waals surface area contributed by atoms with Gasteiger partial charge in [-0.05, 0) is 54.7 Å². The van der Waals surface area contributed by atoms with Crippen LogP contribution in [0.3, 0.4) is 0 Å². The molecule has 0 N–H and O–H groups in total. The molecule has 220 valence electrons. The zero-order valence-corrected chi connectivity index (χ0v) is 26.1. The van der Waals surface area contributed by atoms with E-state index in [1.54, 1.807) is 12.1 Å². The molecule has 0 aliphatic carbocycles. The van der Waals surface area contributed by atoms with Gasteiger partial charge in [-0.1, -0.05) is 102 Å². The van der Waals surface area contributed by atoms with Crippen LogP contribution in [0.2, 0.25) is 0 Å². The van der Waals surface area contributed by atoms with E-state index < -0.39 is 20.2 Å². The van der Waals surface area contributed by atoms with Crippen LogP contribution in [-0.2, 0) is 33.1 Å². The van der Waals surface area contributed by atoms with E-state index in [2.05, 4.69) is 6.92 Å². The maximum atomic E-state index is 12.9. The van der Waals surface area contributed by atoms with Crippen molar-refractivity contribution in [2.24, 2.45) is 0 Å². The average Bonchev–Trinajstić information content (AvgIpc) is 3.35. The molecule has 6 nitrogen and oxygen atoms in total. The van der Waals surface area contributed by atoms with Gasteiger partial charge in [-0.25, -0.2) is 0 Å². The minimum Gasteiger partial charge on any atom is -0.374 e. The molecule has 0 spiro atoms. The summed E-state index contributed by atoms with van der Waals surface area (Å²) in [6.45, 7) is 4.29. The average molecular weight is 607 g/mol. The van der Waals surface area contributed by atoms with Crippen LogP contribution in [0.5, 0.6) is 11.5 Å². The molecule has 0 bridgehead atoms. The van der Waals surface area contributed by atoms with Crippen molar-refractivity contribution in [3.8, 4) is 11.5 Å². The Morgan fingerprint density at radius 1 is 0.525 bits per heavy atom. The lowest BCUT2D eigenvalue weighted by molar-refractivity contribution is 0.451. The summed E-state index contributed by atoms with van der Waals surface area (Å²) in [5.41, 5.74) is 2.11. The Kier molecular flexibility index (Phi) is 13.0. The van der Waals surface area contributed by atoms with Crippen LogP contribution >= 0.6 is 11.3 Å². The first-order chi connectivity index (χ1) is 19.2. The third-order valence-corrected chi connectivity index (χ3v) is 9.97. The molecule has 3 aromatic rings. The smallest absolute Gasteiger partial charge is 0.339 e. The number of aryl methyl sites for hydroxylation is 2. The van der Waals surface area contributed by atoms with Crippen LogP contribution in [0.1, 0.15) is 95.6 Å². The Bertz CT molecular complexity index is 1360. The van der Waals surface area contributed by atoms with Crippen LogP contribution in [-0.4, -0.2) is 16.8 Å². The lowest BCUT2D eigenvalue weighted by Crippen LogP contribution is -2.13. The Labute approximate surface area is 245 Å². The lowest BCUT2D eigenvalue weighted by atomic mass is 10.0. The standard InChI is InChI=1S/C31H42O6S3/c1-3-5-6-7-8-9-10-11-12-13-15-27-18-22-29(23-19-27)40(34,35)37-31-25-38-24-30(31)36-39(32,33)28-20-16-26(14-4-2)17-21-28/h16-25H,3-15H2,1-2H3. The maximum absolute atomic E-state index is 12.9. The molecule has 0 unspecified atom stereocenters. The Morgan fingerprint density at radius 2 is 0.925 bits per heavy atom. The van der Waals surface area contributed by atoms with Gasteiger partial charge in [-0.3, -0.25) is 0 Å². The lowest BCUT2D eigenvalue weighted by Gasteiger charge is -2.10. The van der Waals surface area contributed by atoms with Crippen LogP contribution in [0.25, 0.3) is 0 Å². The van der Waals surface area contributed by atoms with Crippen molar-refractivity contribution in [3.05, 3.63) is 70.4 Å². The zero-order valence-electron chi connectivity index (χ0n) is 23.6. The number of hydrogen-bond acceptors (Lipinski definition) is 7. The van der Waals surface area contributed by atoms with Gasteiger partial charge < -0.3 is 8.37 Å². The summed E-state index contributed by atoms with van der Waals surface area (Å²) in [5.74, 6) is -0.325. The predicted molar refractivity (Wildman–Crippen MR) is 162 cm³/mol. The highest BCUT2D eigenvalue weighted by molar-refractivity contribution is 7.87. The van der Waals surface area contributed by atoms with Gasteiger partial charge in [0.25, 0.3) is 0 Å². The third-order valence-electron chi connectivity index (χ3n) is 6.77. The molecule has 1 heterocycles. The Morgan fingerprint density at radius 3 is 1.35 bits per heavy atom. The summed E-state index contributed by atoms with van der Waals surface area (Å²) in [5, 5.41) is 2.82. The van der Waals surface area contributed by atoms with Gasteiger partial charge in [0.1, 0.15) is 9.79 Å². The molecule has 40 heavy (non-hydrogen) atoms. The molecular weight excluding hydrogens is 565 g/mol. The monoisotopic (exact) mass is 606 g/mol. The van der Waals surface area contributed by atoms with Crippen molar-refractivity contribution < 1.29 is 25.2 Å². The van der Waals surface area contributed by atoms with Crippen LogP contribution in [0.4, 0.5) is 0 Å². The van der Waals surface area contributed by atoms with Crippen molar-refractivity contribution in [2.75, 3.05) is 0 Å². The van der Waals surface area contributed by atoms with E-state index in [1.165, 1.54) is 92.8 Å². The van der Waals surface area contributed by atoms with E-state index in [9.17, 15) is 16.8 Å². The first kappa shape index (κ1) is 32.2. The first-order valence-electron chi connectivity index (χ1n) is 14.4. The number of benzene rings is 2. The van der Waals surface area contributed by atoms with Gasteiger partial charge in [-0.15, -0.1) is 11.3 Å². The summed E-state index contributed by atoms with van der Waals surface area (Å²) >= 11 is 1.09. The SMILES string of the molecule is CCCCCCCCCCCCc1ccc(S(=O)(=O)Oc2cscc2OS(=O)(=O)c2ccc(CCC)cc2)cc1. The van der Waals surface area contributed by atoms with Crippen LogP contribution < -0.4 is 8.37 Å². The summed E-state index contributed by atoms with van der Waals surface area (Å²) in [6.07, 6.45) is 15.4. The second-order valence-electron chi connectivity index (χ2n) is 10.1. The fourth-order valence-corrected chi connectivity index (χ4v) is 7.11. The fraction of sp³-hybridized carbons (Fsp3) is 0.484. The molecule has 0 atom stereocenters. The number of thiophene rings is 1. The molecule has 0 amide bonds. The zero-order chi connectivity index (χ0) is 28.8. The van der Waals surface area contributed by atoms with Crippen LogP contribution in [0, 0.1) is 0 Å². The second kappa shape index (κ2) is 16.2. The molecule has 3 rings (SSSR count). The van der Waals surface area contributed by atoms with Crippen molar-refractivity contribution in [1.29, 1.82) is 0 Å². The second-order valence-corrected chi connectivity index (χ2v) is 14.0. The highest BCUT2D eigenvalue weighted by Gasteiger charge is 2.24. The predicted octanol–water partition coefficient (Wildman–Crippen LogP) is 8.70. The normalized spacial score (nSPS) is 11.9. The molecule has 0 fully saturated rings. The minimum absolute atomic E-state index is 0.00541. The summed E-state index contributed by atoms with van der Waals surface area (Å²) in [7, 11) is -8.32. The van der Waals surface area contributed by atoms with E-state index in [4.69, 9.17) is 8.37 Å². The topological polar surface area (TPSA) is 86.7 Å². The van der Waals surface area contributed by atoms with E-state index in [0.29, 0.717) is 0 Å². The molecular formula is C31H42O6S3. The largest absolute Gasteiger partial charge is 0.374 e. The summed E-state index contributed by atoms with van der Waals surface area (Å²) < 4.78 is 61.9. The molecule has 0 radical (unpaired) electrons. The third kappa shape index (κ3) is 10.2.